The zero-order valence-corrected chi connectivity index (χ0v) is 10.2. The highest BCUT2D eigenvalue weighted by molar-refractivity contribution is 9.10. The summed E-state index contributed by atoms with van der Waals surface area (Å²) in [6.07, 6.45) is 1.41. The molecule has 0 saturated carbocycles. The summed E-state index contributed by atoms with van der Waals surface area (Å²) < 4.78 is 0.905. The normalized spacial score (nSPS) is 10.2. The van der Waals surface area contributed by atoms with E-state index in [2.05, 4.69) is 20.9 Å². The number of aromatic nitrogens is 1. The fourth-order valence-corrected chi connectivity index (χ4v) is 1.78. The third-order valence-corrected chi connectivity index (χ3v) is 2.84. The van der Waals surface area contributed by atoms with Crippen molar-refractivity contribution in [2.45, 2.75) is 0 Å². The molecule has 0 aliphatic heterocycles. The maximum absolute atomic E-state index is 11.1. The molecule has 17 heavy (non-hydrogen) atoms. The molecule has 4 nitrogen and oxygen atoms in total. The van der Waals surface area contributed by atoms with Gasteiger partial charge in [-0.25, -0.2) is 4.79 Å². The van der Waals surface area contributed by atoms with E-state index in [-0.39, 0.29) is 5.56 Å². The number of rotatable bonds is 2. The molecule has 0 saturated heterocycles. The summed E-state index contributed by atoms with van der Waals surface area (Å²) in [5.74, 6) is -1.12. The van der Waals surface area contributed by atoms with Gasteiger partial charge in [0.05, 0.1) is 5.56 Å². The number of carboxylic acid groups (broad SMARTS) is 1. The van der Waals surface area contributed by atoms with Crippen LogP contribution >= 0.6 is 15.9 Å². The summed E-state index contributed by atoms with van der Waals surface area (Å²) in [6, 6.07) is 8.27. The maximum Gasteiger partial charge on any atom is 0.336 e. The number of aromatic carboxylic acids is 1. The molecule has 2 N–H and O–H groups in total. The molecule has 0 spiro atoms. The van der Waals surface area contributed by atoms with Crippen LogP contribution in [0.25, 0.3) is 11.1 Å². The molecular formula is C12H8BrNO3. The molecule has 1 heterocycles. The Morgan fingerprint density at radius 2 is 1.88 bits per heavy atom. The molecule has 0 bridgehead atoms. The number of hydrogen-bond acceptors (Lipinski definition) is 2. The van der Waals surface area contributed by atoms with Crippen LogP contribution in [-0.2, 0) is 0 Å². The number of H-pyrrole nitrogens is 1. The molecule has 2 rings (SSSR count). The summed E-state index contributed by atoms with van der Waals surface area (Å²) in [5, 5.41) is 9.04. The smallest absolute Gasteiger partial charge is 0.336 e. The average molecular weight is 294 g/mol. The number of carbonyl (C=O) groups is 1. The number of aromatic amines is 1. The Labute approximate surface area is 105 Å². The third-order valence-electron chi connectivity index (χ3n) is 2.31. The lowest BCUT2D eigenvalue weighted by Gasteiger charge is -2.05. The summed E-state index contributed by atoms with van der Waals surface area (Å²) in [6.45, 7) is 0. The van der Waals surface area contributed by atoms with E-state index in [0.717, 1.165) is 16.1 Å². The lowest BCUT2D eigenvalue weighted by atomic mass is 10.0. The van der Waals surface area contributed by atoms with Crippen LogP contribution in [0.2, 0.25) is 0 Å². The minimum Gasteiger partial charge on any atom is -0.478 e. The number of benzene rings is 1. The van der Waals surface area contributed by atoms with E-state index in [0.29, 0.717) is 5.56 Å². The first-order valence-corrected chi connectivity index (χ1v) is 5.59. The minimum absolute atomic E-state index is 0.00364. The summed E-state index contributed by atoms with van der Waals surface area (Å²) in [5.41, 5.74) is 0.797. The van der Waals surface area contributed by atoms with Crippen molar-refractivity contribution in [1.29, 1.82) is 0 Å². The van der Waals surface area contributed by atoms with E-state index in [9.17, 15) is 9.59 Å². The van der Waals surface area contributed by atoms with Gasteiger partial charge in [0.15, 0.2) is 0 Å². The minimum atomic E-state index is -1.12. The lowest BCUT2D eigenvalue weighted by Crippen LogP contribution is -2.10. The van der Waals surface area contributed by atoms with E-state index < -0.39 is 11.5 Å². The molecule has 0 aliphatic carbocycles. The zero-order chi connectivity index (χ0) is 12.4. The van der Waals surface area contributed by atoms with Crippen molar-refractivity contribution >= 4 is 21.9 Å². The topological polar surface area (TPSA) is 70.2 Å². The molecule has 5 heteroatoms. The second-order valence-corrected chi connectivity index (χ2v) is 4.35. The van der Waals surface area contributed by atoms with E-state index in [1.54, 1.807) is 12.1 Å². The Kier molecular flexibility index (Phi) is 3.10. The third kappa shape index (κ3) is 2.45. The molecular weight excluding hydrogens is 286 g/mol. The van der Waals surface area contributed by atoms with Gasteiger partial charge in [-0.15, -0.1) is 0 Å². The standard InChI is InChI=1S/C12H8BrNO3/c13-8-3-1-7(2-4-8)10-6-14-11(15)5-9(10)12(16)17/h1-6H,(H,14,15)(H,16,17). The number of pyridine rings is 1. The Balaban J connectivity index is 2.62. The fraction of sp³-hybridized carbons (Fsp3) is 0. The van der Waals surface area contributed by atoms with E-state index in [4.69, 9.17) is 5.11 Å². The maximum atomic E-state index is 11.1. The van der Waals surface area contributed by atoms with Gasteiger partial charge < -0.3 is 10.1 Å². The largest absolute Gasteiger partial charge is 0.478 e. The molecule has 0 amide bonds. The summed E-state index contributed by atoms with van der Waals surface area (Å²) >= 11 is 3.30. The Morgan fingerprint density at radius 3 is 2.47 bits per heavy atom. The zero-order valence-electron chi connectivity index (χ0n) is 8.61. The van der Waals surface area contributed by atoms with Gasteiger partial charge in [0.25, 0.3) is 0 Å². The molecule has 2 aromatic rings. The molecule has 0 aliphatic rings. The van der Waals surface area contributed by atoms with Gasteiger partial charge in [-0.05, 0) is 17.7 Å². The molecule has 1 aromatic heterocycles. The summed E-state index contributed by atoms with van der Waals surface area (Å²) in [7, 11) is 0. The fourth-order valence-electron chi connectivity index (χ4n) is 1.52. The van der Waals surface area contributed by atoms with Crippen molar-refractivity contribution in [3.05, 3.63) is 56.9 Å². The number of carboxylic acids is 1. The van der Waals surface area contributed by atoms with Crippen LogP contribution in [0.1, 0.15) is 10.4 Å². The Hall–Kier alpha value is -1.88. The van der Waals surface area contributed by atoms with Crippen molar-refractivity contribution in [2.75, 3.05) is 0 Å². The molecule has 0 fully saturated rings. The predicted molar refractivity (Wildman–Crippen MR) is 67.2 cm³/mol. The monoisotopic (exact) mass is 293 g/mol. The highest BCUT2D eigenvalue weighted by atomic mass is 79.9. The molecule has 0 radical (unpaired) electrons. The molecule has 0 atom stereocenters. The van der Waals surface area contributed by atoms with E-state index >= 15 is 0 Å². The first-order valence-electron chi connectivity index (χ1n) is 4.80. The quantitative estimate of drug-likeness (QED) is 0.894. The van der Waals surface area contributed by atoms with E-state index in [1.165, 1.54) is 6.20 Å². The first kappa shape index (κ1) is 11.6. The van der Waals surface area contributed by atoms with Crippen LogP contribution in [-0.4, -0.2) is 16.1 Å². The van der Waals surface area contributed by atoms with E-state index in [1.807, 2.05) is 12.1 Å². The van der Waals surface area contributed by atoms with Gasteiger partial charge in [0.1, 0.15) is 0 Å². The van der Waals surface area contributed by atoms with Gasteiger partial charge >= 0.3 is 5.97 Å². The van der Waals surface area contributed by atoms with Gasteiger partial charge in [-0.3, -0.25) is 4.79 Å². The highest BCUT2D eigenvalue weighted by Crippen LogP contribution is 2.23. The molecule has 1 aromatic carbocycles. The number of hydrogen-bond donors (Lipinski definition) is 2. The summed E-state index contributed by atoms with van der Waals surface area (Å²) in [4.78, 5) is 24.6. The molecule has 86 valence electrons. The van der Waals surface area contributed by atoms with Crippen molar-refractivity contribution < 1.29 is 9.90 Å². The average Bonchev–Trinajstić information content (AvgIpc) is 2.30. The lowest BCUT2D eigenvalue weighted by molar-refractivity contribution is 0.0697. The highest BCUT2D eigenvalue weighted by Gasteiger charge is 2.12. The predicted octanol–water partition coefficient (Wildman–Crippen LogP) is 2.50. The Morgan fingerprint density at radius 1 is 1.24 bits per heavy atom. The van der Waals surface area contributed by atoms with Crippen molar-refractivity contribution in [3.63, 3.8) is 0 Å². The van der Waals surface area contributed by atoms with Gasteiger partial charge in [-0.1, -0.05) is 28.1 Å². The van der Waals surface area contributed by atoms with Crippen molar-refractivity contribution in [3.8, 4) is 11.1 Å². The number of nitrogens with one attached hydrogen (secondary N) is 1. The number of halogens is 1. The second-order valence-electron chi connectivity index (χ2n) is 3.44. The van der Waals surface area contributed by atoms with Crippen LogP contribution in [0.5, 0.6) is 0 Å². The van der Waals surface area contributed by atoms with Crippen LogP contribution < -0.4 is 5.56 Å². The Bertz CT molecular complexity index is 616. The van der Waals surface area contributed by atoms with Gasteiger partial charge in [-0.2, -0.15) is 0 Å². The van der Waals surface area contributed by atoms with Crippen LogP contribution in [0, 0.1) is 0 Å². The van der Waals surface area contributed by atoms with Crippen LogP contribution in [0.15, 0.2) is 45.8 Å². The first-order chi connectivity index (χ1) is 8.08. The molecule has 0 unspecified atom stereocenters. The van der Waals surface area contributed by atoms with Crippen molar-refractivity contribution in [1.82, 2.24) is 4.98 Å². The second kappa shape index (κ2) is 4.55. The van der Waals surface area contributed by atoms with Crippen molar-refractivity contribution in [2.24, 2.45) is 0 Å². The van der Waals surface area contributed by atoms with Crippen LogP contribution in [0.3, 0.4) is 0 Å². The van der Waals surface area contributed by atoms with Gasteiger partial charge in [0, 0.05) is 22.3 Å². The van der Waals surface area contributed by atoms with Gasteiger partial charge in [0.2, 0.25) is 5.56 Å². The SMILES string of the molecule is O=C(O)c1cc(=O)[nH]cc1-c1ccc(Br)cc1. The van der Waals surface area contributed by atoms with Crippen LogP contribution in [0.4, 0.5) is 0 Å².